The molecule has 7 heteroatoms. The van der Waals surface area contributed by atoms with Crippen molar-refractivity contribution < 1.29 is 19.7 Å². The normalized spacial score (nSPS) is 16.8. The number of amides is 1. The molecule has 1 amide bonds. The Hall–Kier alpha value is -3.39. The zero-order valence-corrected chi connectivity index (χ0v) is 19.6. The monoisotopic (exact) mass is 473 g/mol. The molecule has 1 heterocycles. The number of rotatable bonds is 7. The van der Waals surface area contributed by atoms with Gasteiger partial charge >= 0.3 is 6.09 Å². The van der Waals surface area contributed by atoms with Gasteiger partial charge in [-0.25, -0.2) is 4.79 Å². The predicted molar refractivity (Wildman–Crippen MR) is 136 cm³/mol. The highest BCUT2D eigenvalue weighted by Crippen LogP contribution is 2.44. The van der Waals surface area contributed by atoms with E-state index in [0.717, 1.165) is 43.0 Å². The second kappa shape index (κ2) is 10.5. The average molecular weight is 474 g/mol. The Bertz CT molecular complexity index is 1120. The number of aliphatic hydroxyl groups is 2. The van der Waals surface area contributed by atoms with Crippen LogP contribution in [0.5, 0.6) is 0 Å². The Morgan fingerprint density at radius 2 is 1.54 bits per heavy atom. The van der Waals surface area contributed by atoms with Crippen LogP contribution < -0.4 is 15.5 Å². The van der Waals surface area contributed by atoms with Gasteiger partial charge in [-0.2, -0.15) is 0 Å². The second-order valence-corrected chi connectivity index (χ2v) is 9.05. The van der Waals surface area contributed by atoms with Crippen molar-refractivity contribution in [2.24, 2.45) is 0 Å². The standard InChI is InChI=1S/C28H31N3O4/c32-26(27(33)19-9-11-20(12-10-19)31-15-13-29-14-16-31)17-30-28(34)35-18-25-23-7-3-1-5-21(23)22-6-2-4-8-24(22)25/h1-12,25-27,29,32-33H,13-18H2,(H,30,34). The quantitative estimate of drug-likeness (QED) is 0.422. The summed E-state index contributed by atoms with van der Waals surface area (Å²) in [5.74, 6) is -0.0298. The van der Waals surface area contributed by atoms with Crippen molar-refractivity contribution in [3.63, 3.8) is 0 Å². The first kappa shape index (κ1) is 23.4. The molecule has 0 spiro atoms. The van der Waals surface area contributed by atoms with Crippen LogP contribution in [0.4, 0.5) is 10.5 Å². The maximum atomic E-state index is 12.4. The van der Waals surface area contributed by atoms with Gasteiger partial charge in [0.15, 0.2) is 0 Å². The van der Waals surface area contributed by atoms with E-state index < -0.39 is 18.3 Å². The van der Waals surface area contributed by atoms with Gasteiger partial charge in [0.2, 0.25) is 0 Å². The summed E-state index contributed by atoms with van der Waals surface area (Å²) in [6.07, 6.45) is -2.88. The topological polar surface area (TPSA) is 94.1 Å². The van der Waals surface area contributed by atoms with Gasteiger partial charge in [0.25, 0.3) is 0 Å². The van der Waals surface area contributed by atoms with Crippen LogP contribution in [0.2, 0.25) is 0 Å². The van der Waals surface area contributed by atoms with Crippen LogP contribution in [0.15, 0.2) is 72.8 Å². The van der Waals surface area contributed by atoms with Gasteiger partial charge in [0.1, 0.15) is 18.8 Å². The van der Waals surface area contributed by atoms with Crippen molar-refractivity contribution in [1.29, 1.82) is 0 Å². The summed E-state index contributed by atoms with van der Waals surface area (Å²) in [6, 6.07) is 23.8. The van der Waals surface area contributed by atoms with Gasteiger partial charge in [-0.05, 0) is 39.9 Å². The number of hydrogen-bond donors (Lipinski definition) is 4. The number of alkyl carbamates (subject to hydrolysis) is 1. The summed E-state index contributed by atoms with van der Waals surface area (Å²) in [4.78, 5) is 14.6. The molecule has 1 aliphatic heterocycles. The lowest BCUT2D eigenvalue weighted by Crippen LogP contribution is -2.43. The van der Waals surface area contributed by atoms with Crippen molar-refractivity contribution >= 4 is 11.8 Å². The molecule has 1 saturated heterocycles. The number of carbonyl (C=O) groups is 1. The van der Waals surface area contributed by atoms with E-state index in [9.17, 15) is 15.0 Å². The fourth-order valence-electron chi connectivity index (χ4n) is 4.98. The third-order valence-electron chi connectivity index (χ3n) is 6.88. The smallest absolute Gasteiger partial charge is 0.407 e. The number of carbonyl (C=O) groups excluding carboxylic acids is 1. The molecule has 2 aliphatic rings. The molecular weight excluding hydrogens is 442 g/mol. The molecule has 0 saturated carbocycles. The van der Waals surface area contributed by atoms with Crippen molar-refractivity contribution in [2.45, 2.75) is 18.1 Å². The maximum Gasteiger partial charge on any atom is 0.407 e. The molecule has 1 fully saturated rings. The van der Waals surface area contributed by atoms with E-state index >= 15 is 0 Å². The molecule has 0 aromatic heterocycles. The Labute approximate surface area is 205 Å². The van der Waals surface area contributed by atoms with E-state index in [1.54, 1.807) is 0 Å². The molecule has 182 valence electrons. The number of nitrogens with one attached hydrogen (secondary N) is 2. The minimum Gasteiger partial charge on any atom is -0.449 e. The Kier molecular flexibility index (Phi) is 6.99. The molecule has 0 radical (unpaired) electrons. The third kappa shape index (κ3) is 5.03. The van der Waals surface area contributed by atoms with E-state index in [0.29, 0.717) is 5.56 Å². The maximum absolute atomic E-state index is 12.4. The van der Waals surface area contributed by atoms with Gasteiger partial charge in [-0.1, -0.05) is 60.7 Å². The van der Waals surface area contributed by atoms with E-state index in [1.807, 2.05) is 48.5 Å². The summed E-state index contributed by atoms with van der Waals surface area (Å²) < 4.78 is 5.51. The molecule has 4 N–H and O–H groups in total. The summed E-state index contributed by atoms with van der Waals surface area (Å²) in [5, 5.41) is 26.9. The van der Waals surface area contributed by atoms with Crippen LogP contribution in [0.25, 0.3) is 11.1 Å². The van der Waals surface area contributed by atoms with Gasteiger partial charge < -0.3 is 30.5 Å². The van der Waals surface area contributed by atoms with E-state index in [1.165, 1.54) is 11.1 Å². The number of aliphatic hydroxyl groups excluding tert-OH is 2. The lowest BCUT2D eigenvalue weighted by atomic mass is 9.98. The fraction of sp³-hybridized carbons (Fsp3) is 0.321. The van der Waals surface area contributed by atoms with Gasteiger partial charge in [-0.15, -0.1) is 0 Å². The van der Waals surface area contributed by atoms with Crippen LogP contribution in [0.1, 0.15) is 28.7 Å². The average Bonchev–Trinajstić information content (AvgIpc) is 3.24. The molecule has 1 aliphatic carbocycles. The number of anilines is 1. The zero-order chi connectivity index (χ0) is 24.2. The van der Waals surface area contributed by atoms with Crippen molar-refractivity contribution in [3.05, 3.63) is 89.5 Å². The zero-order valence-electron chi connectivity index (χ0n) is 19.6. The SMILES string of the molecule is O=C(NCC(O)C(O)c1ccc(N2CCNCC2)cc1)OCC1c2ccccc2-c2ccccc21. The number of piperazine rings is 1. The minimum atomic E-state index is -1.15. The van der Waals surface area contributed by atoms with Crippen LogP contribution in [0, 0.1) is 0 Å². The Balaban J connectivity index is 1.13. The Morgan fingerprint density at radius 1 is 0.943 bits per heavy atom. The highest BCUT2D eigenvalue weighted by atomic mass is 16.5. The van der Waals surface area contributed by atoms with Gasteiger partial charge in [0.05, 0.1) is 0 Å². The molecule has 2 unspecified atom stereocenters. The first-order valence-electron chi connectivity index (χ1n) is 12.1. The van der Waals surface area contributed by atoms with Crippen molar-refractivity contribution in [3.8, 4) is 11.1 Å². The first-order chi connectivity index (χ1) is 17.1. The second-order valence-electron chi connectivity index (χ2n) is 9.05. The molecule has 7 nitrogen and oxygen atoms in total. The summed E-state index contributed by atoms with van der Waals surface area (Å²) >= 11 is 0. The molecule has 0 bridgehead atoms. The van der Waals surface area contributed by atoms with Gasteiger partial charge in [-0.3, -0.25) is 0 Å². The van der Waals surface area contributed by atoms with Crippen LogP contribution in [0.3, 0.4) is 0 Å². The Morgan fingerprint density at radius 3 is 2.17 bits per heavy atom. The number of nitrogens with zero attached hydrogens (tertiary/aromatic N) is 1. The number of hydrogen-bond acceptors (Lipinski definition) is 6. The van der Waals surface area contributed by atoms with Crippen molar-refractivity contribution in [2.75, 3.05) is 44.2 Å². The molecule has 3 aromatic carbocycles. The summed E-state index contributed by atoms with van der Waals surface area (Å²) in [7, 11) is 0. The highest BCUT2D eigenvalue weighted by Gasteiger charge is 2.29. The van der Waals surface area contributed by atoms with E-state index in [-0.39, 0.29) is 19.1 Å². The molecule has 5 rings (SSSR count). The fourth-order valence-corrected chi connectivity index (χ4v) is 4.98. The largest absolute Gasteiger partial charge is 0.449 e. The first-order valence-corrected chi connectivity index (χ1v) is 12.1. The lowest BCUT2D eigenvalue weighted by Gasteiger charge is -2.29. The van der Waals surface area contributed by atoms with Crippen LogP contribution in [-0.2, 0) is 4.74 Å². The minimum absolute atomic E-state index is 0.0298. The molecule has 2 atom stereocenters. The number of benzene rings is 3. The lowest BCUT2D eigenvalue weighted by molar-refractivity contribution is 0.0185. The molecule has 3 aromatic rings. The summed E-state index contributed by atoms with van der Waals surface area (Å²) in [5.41, 5.74) is 6.30. The number of ether oxygens (including phenoxy) is 1. The van der Waals surface area contributed by atoms with Gasteiger partial charge in [0, 0.05) is 44.3 Å². The molecular formula is C28H31N3O4. The number of fused-ring (bicyclic) bond motifs is 3. The van der Waals surface area contributed by atoms with E-state index in [4.69, 9.17) is 4.74 Å². The van der Waals surface area contributed by atoms with E-state index in [2.05, 4.69) is 39.8 Å². The van der Waals surface area contributed by atoms with Crippen molar-refractivity contribution in [1.82, 2.24) is 10.6 Å². The van der Waals surface area contributed by atoms with Crippen LogP contribution in [-0.4, -0.2) is 61.7 Å². The summed E-state index contributed by atoms with van der Waals surface area (Å²) in [6.45, 7) is 3.86. The third-order valence-corrected chi connectivity index (χ3v) is 6.88. The van der Waals surface area contributed by atoms with Crippen LogP contribution >= 0.6 is 0 Å². The predicted octanol–water partition coefficient (Wildman–Crippen LogP) is 3.03. The highest BCUT2D eigenvalue weighted by molar-refractivity contribution is 5.79. The molecule has 35 heavy (non-hydrogen) atoms.